The quantitative estimate of drug-likeness (QED) is 0.824. The summed E-state index contributed by atoms with van der Waals surface area (Å²) in [6, 6.07) is 10.3. The molecule has 2 aromatic rings. The largest absolute Gasteiger partial charge is 0.337 e. The van der Waals surface area contributed by atoms with E-state index in [-0.39, 0.29) is 24.4 Å². The van der Waals surface area contributed by atoms with Gasteiger partial charge in [0.15, 0.2) is 0 Å². The summed E-state index contributed by atoms with van der Waals surface area (Å²) in [5.74, 6) is 0.165. The fourth-order valence-electron chi connectivity index (χ4n) is 3.08. The van der Waals surface area contributed by atoms with Crippen LogP contribution in [0.4, 0.5) is 0 Å². The van der Waals surface area contributed by atoms with Crippen molar-refractivity contribution in [3.8, 4) is 11.8 Å². The molecule has 1 aliphatic rings. The number of rotatable bonds is 7. The third kappa shape index (κ3) is 3.92. The molecule has 1 aliphatic carbocycles. The first-order chi connectivity index (χ1) is 12.4. The molecule has 26 heavy (non-hydrogen) atoms. The van der Waals surface area contributed by atoms with Crippen molar-refractivity contribution in [2.45, 2.75) is 38.3 Å². The van der Waals surface area contributed by atoms with Gasteiger partial charge in [-0.2, -0.15) is 10.4 Å². The Kier molecular flexibility index (Phi) is 5.05. The lowest BCUT2D eigenvalue weighted by Crippen LogP contribution is -2.50. The molecular weight excluding hydrogens is 328 g/mol. The predicted molar refractivity (Wildman–Crippen MR) is 97.3 cm³/mol. The van der Waals surface area contributed by atoms with Gasteiger partial charge in [-0.15, -0.1) is 0 Å². The maximum atomic E-state index is 12.4. The molecule has 0 spiro atoms. The van der Waals surface area contributed by atoms with Crippen molar-refractivity contribution in [3.63, 3.8) is 0 Å². The third-order valence-corrected chi connectivity index (χ3v) is 5.14. The number of hydrogen-bond acceptors (Lipinski definition) is 5. The normalized spacial score (nSPS) is 17.3. The van der Waals surface area contributed by atoms with Crippen LogP contribution in [0.15, 0.2) is 36.9 Å². The number of likely N-dealkylation sites (N-methyl/N-ethyl adjacent to an activating group) is 1. The molecule has 7 heteroatoms. The second kappa shape index (κ2) is 7.26. The first-order valence-electron chi connectivity index (χ1n) is 8.80. The van der Waals surface area contributed by atoms with Crippen LogP contribution in [0.2, 0.25) is 0 Å². The Balaban J connectivity index is 1.59. The van der Waals surface area contributed by atoms with E-state index in [2.05, 4.69) is 28.4 Å². The molecule has 3 rings (SSSR count). The van der Waals surface area contributed by atoms with Gasteiger partial charge in [0.1, 0.15) is 18.2 Å². The van der Waals surface area contributed by atoms with Crippen LogP contribution in [0.25, 0.3) is 5.69 Å². The maximum Gasteiger partial charge on any atom is 0.235 e. The van der Waals surface area contributed by atoms with Gasteiger partial charge in [0, 0.05) is 6.04 Å². The van der Waals surface area contributed by atoms with E-state index in [1.807, 2.05) is 43.1 Å². The van der Waals surface area contributed by atoms with Crippen LogP contribution in [0.3, 0.4) is 0 Å². The molecule has 1 heterocycles. The molecule has 0 unspecified atom stereocenters. The van der Waals surface area contributed by atoms with Crippen LogP contribution < -0.4 is 5.32 Å². The van der Waals surface area contributed by atoms with Gasteiger partial charge in [0.2, 0.25) is 5.91 Å². The second-order valence-corrected chi connectivity index (χ2v) is 7.16. The number of amides is 1. The van der Waals surface area contributed by atoms with Crippen molar-refractivity contribution in [1.82, 2.24) is 25.0 Å². The molecule has 1 aromatic carbocycles. The topological polar surface area (TPSA) is 86.8 Å². The second-order valence-electron chi connectivity index (χ2n) is 7.16. The molecule has 2 atom stereocenters. The molecule has 0 bridgehead atoms. The van der Waals surface area contributed by atoms with Crippen LogP contribution >= 0.6 is 0 Å². The van der Waals surface area contributed by atoms with Crippen molar-refractivity contribution < 1.29 is 4.79 Å². The molecular formula is C19H24N6O. The van der Waals surface area contributed by atoms with Gasteiger partial charge in [-0.05, 0) is 57.4 Å². The van der Waals surface area contributed by atoms with E-state index in [1.54, 1.807) is 11.0 Å². The zero-order valence-electron chi connectivity index (χ0n) is 15.4. The molecule has 1 amide bonds. The average molecular weight is 352 g/mol. The van der Waals surface area contributed by atoms with Gasteiger partial charge < -0.3 is 5.32 Å². The highest BCUT2D eigenvalue weighted by molar-refractivity contribution is 5.79. The van der Waals surface area contributed by atoms with Crippen LogP contribution in [0.5, 0.6) is 0 Å². The minimum atomic E-state index is -0.749. The Hall–Kier alpha value is -2.72. The lowest BCUT2D eigenvalue weighted by Gasteiger charge is -2.28. The first-order valence-corrected chi connectivity index (χ1v) is 8.80. The minimum absolute atomic E-state index is 0.0693. The standard InChI is InChI=1S/C19H24N6O/c1-14(15-4-8-17(9-5-15)25-13-21-12-22-25)24(3)10-18(26)23-19(2,11-20)16-6-7-16/h4-5,8-9,12-14,16H,6-7,10H2,1-3H3,(H,23,26)/t14-,19+/m1/s1. The maximum absolute atomic E-state index is 12.4. The number of carbonyl (C=O) groups is 1. The molecule has 0 radical (unpaired) electrons. The summed E-state index contributed by atoms with van der Waals surface area (Å²) in [4.78, 5) is 18.3. The zero-order valence-corrected chi connectivity index (χ0v) is 15.4. The minimum Gasteiger partial charge on any atom is -0.337 e. The van der Waals surface area contributed by atoms with Gasteiger partial charge in [0.05, 0.1) is 18.3 Å². The van der Waals surface area contributed by atoms with E-state index in [1.165, 1.54) is 6.33 Å². The van der Waals surface area contributed by atoms with Crippen LogP contribution in [-0.2, 0) is 4.79 Å². The van der Waals surface area contributed by atoms with Gasteiger partial charge >= 0.3 is 0 Å². The zero-order chi connectivity index (χ0) is 18.7. The van der Waals surface area contributed by atoms with Crippen LogP contribution in [-0.4, -0.2) is 44.7 Å². The number of nitrogens with one attached hydrogen (secondary N) is 1. The summed E-state index contributed by atoms with van der Waals surface area (Å²) in [6.07, 6.45) is 5.17. The number of benzene rings is 1. The number of nitrogens with zero attached hydrogens (tertiary/aromatic N) is 5. The fourth-order valence-corrected chi connectivity index (χ4v) is 3.08. The fraction of sp³-hybridized carbons (Fsp3) is 0.474. The molecule has 0 saturated heterocycles. The number of hydrogen-bond donors (Lipinski definition) is 1. The highest BCUT2D eigenvalue weighted by Crippen LogP contribution is 2.39. The smallest absolute Gasteiger partial charge is 0.235 e. The van der Waals surface area contributed by atoms with E-state index in [0.29, 0.717) is 0 Å². The van der Waals surface area contributed by atoms with E-state index in [9.17, 15) is 10.1 Å². The van der Waals surface area contributed by atoms with E-state index in [4.69, 9.17) is 0 Å². The lowest BCUT2D eigenvalue weighted by atomic mass is 9.98. The summed E-state index contributed by atoms with van der Waals surface area (Å²) in [7, 11) is 1.91. The molecule has 7 nitrogen and oxygen atoms in total. The van der Waals surface area contributed by atoms with E-state index >= 15 is 0 Å². The van der Waals surface area contributed by atoms with Gasteiger partial charge in [-0.1, -0.05) is 12.1 Å². The van der Waals surface area contributed by atoms with Crippen LogP contribution in [0.1, 0.15) is 38.3 Å². The summed E-state index contributed by atoms with van der Waals surface area (Å²) < 4.78 is 1.70. The van der Waals surface area contributed by atoms with E-state index in [0.717, 1.165) is 24.1 Å². The molecule has 0 aliphatic heterocycles. The van der Waals surface area contributed by atoms with Gasteiger partial charge in [-0.25, -0.2) is 9.67 Å². The van der Waals surface area contributed by atoms with Gasteiger partial charge in [0.25, 0.3) is 0 Å². The Morgan fingerprint density at radius 3 is 2.69 bits per heavy atom. The Morgan fingerprint density at radius 1 is 1.46 bits per heavy atom. The summed E-state index contributed by atoms with van der Waals surface area (Å²) >= 11 is 0. The summed E-state index contributed by atoms with van der Waals surface area (Å²) in [5, 5.41) is 16.4. The first kappa shape index (κ1) is 18.1. The van der Waals surface area contributed by atoms with Crippen molar-refractivity contribution in [1.29, 1.82) is 5.26 Å². The molecule has 1 N–H and O–H groups in total. The predicted octanol–water partition coefficient (Wildman–Crippen LogP) is 2.07. The van der Waals surface area contributed by atoms with Crippen molar-refractivity contribution in [2.75, 3.05) is 13.6 Å². The molecule has 1 aromatic heterocycles. The number of carbonyl (C=O) groups excluding carboxylic acids is 1. The number of nitriles is 1. The van der Waals surface area contributed by atoms with Crippen molar-refractivity contribution in [3.05, 3.63) is 42.5 Å². The Morgan fingerprint density at radius 2 is 2.15 bits per heavy atom. The Bertz CT molecular complexity index is 790. The highest BCUT2D eigenvalue weighted by atomic mass is 16.2. The summed E-state index contributed by atoms with van der Waals surface area (Å²) in [5.41, 5.74) is 1.29. The molecule has 1 fully saturated rings. The average Bonchev–Trinajstić information content (AvgIpc) is 3.37. The number of aromatic nitrogens is 3. The van der Waals surface area contributed by atoms with Crippen molar-refractivity contribution >= 4 is 5.91 Å². The SMILES string of the molecule is C[C@H](c1ccc(-n2cncn2)cc1)N(C)CC(=O)N[C@@](C)(C#N)C1CC1. The monoisotopic (exact) mass is 352 g/mol. The molecule has 1 saturated carbocycles. The van der Waals surface area contributed by atoms with E-state index < -0.39 is 5.54 Å². The van der Waals surface area contributed by atoms with Gasteiger partial charge in [-0.3, -0.25) is 9.69 Å². The Labute approximate surface area is 153 Å². The summed E-state index contributed by atoms with van der Waals surface area (Å²) in [6.45, 7) is 4.12. The lowest BCUT2D eigenvalue weighted by molar-refractivity contribution is -0.123. The third-order valence-electron chi connectivity index (χ3n) is 5.14. The van der Waals surface area contributed by atoms with Crippen molar-refractivity contribution in [2.24, 2.45) is 5.92 Å². The highest BCUT2D eigenvalue weighted by Gasteiger charge is 2.43. The molecule has 136 valence electrons. The van der Waals surface area contributed by atoms with Crippen LogP contribution in [0, 0.1) is 17.2 Å².